The first kappa shape index (κ1) is 16.5. The molecular weight excluding hydrogens is 334 g/mol. The summed E-state index contributed by atoms with van der Waals surface area (Å²) in [4.78, 5) is 13.0. The normalized spacial score (nSPS) is 17.2. The van der Waals surface area contributed by atoms with Gasteiger partial charge in [0.05, 0.1) is 7.05 Å². The molecule has 2 N–H and O–H groups in total. The number of ether oxygens (including phenoxy) is 2. The Kier molecular flexibility index (Phi) is 4.26. The number of rotatable bonds is 4. The largest absolute Gasteiger partial charge is 0.508 e. The zero-order valence-electron chi connectivity index (χ0n) is 14.4. The summed E-state index contributed by atoms with van der Waals surface area (Å²) in [6.45, 7) is 1.86. The molecule has 1 aromatic heterocycles. The van der Waals surface area contributed by atoms with Crippen LogP contribution >= 0.6 is 0 Å². The van der Waals surface area contributed by atoms with Crippen LogP contribution in [0.25, 0.3) is 11.0 Å². The first-order chi connectivity index (χ1) is 12.6. The maximum absolute atomic E-state index is 11.8. The molecule has 6 heteroatoms. The lowest BCUT2D eigenvalue weighted by Crippen LogP contribution is -3.09. The SMILES string of the molecule is C[NH+](Cc1cc(=O)oc2cc(O)ccc12)C[C@@H]1COc2ccccc2O1. The molecule has 1 aliphatic rings. The van der Waals surface area contributed by atoms with Crippen LogP contribution in [0.1, 0.15) is 5.56 Å². The molecule has 0 spiro atoms. The van der Waals surface area contributed by atoms with Crippen molar-refractivity contribution >= 4 is 11.0 Å². The number of fused-ring (bicyclic) bond motifs is 2. The van der Waals surface area contributed by atoms with Crippen molar-refractivity contribution in [1.82, 2.24) is 0 Å². The maximum Gasteiger partial charge on any atom is 0.336 e. The third-order valence-electron chi connectivity index (χ3n) is 4.45. The van der Waals surface area contributed by atoms with Crippen molar-refractivity contribution < 1.29 is 23.9 Å². The first-order valence-corrected chi connectivity index (χ1v) is 8.54. The van der Waals surface area contributed by atoms with Crippen LogP contribution in [0.4, 0.5) is 0 Å². The monoisotopic (exact) mass is 354 g/mol. The highest BCUT2D eigenvalue weighted by Gasteiger charge is 2.24. The molecule has 1 aliphatic heterocycles. The van der Waals surface area contributed by atoms with Gasteiger partial charge in [0.25, 0.3) is 0 Å². The van der Waals surface area contributed by atoms with Crippen LogP contribution in [0.5, 0.6) is 17.2 Å². The zero-order chi connectivity index (χ0) is 18.1. The van der Waals surface area contributed by atoms with E-state index in [-0.39, 0.29) is 11.9 Å². The molecule has 2 aromatic carbocycles. The van der Waals surface area contributed by atoms with E-state index in [0.29, 0.717) is 18.7 Å². The van der Waals surface area contributed by atoms with Gasteiger partial charge in [0.15, 0.2) is 17.6 Å². The van der Waals surface area contributed by atoms with Crippen molar-refractivity contribution in [2.45, 2.75) is 12.6 Å². The zero-order valence-corrected chi connectivity index (χ0v) is 14.4. The van der Waals surface area contributed by atoms with E-state index in [1.54, 1.807) is 12.1 Å². The molecule has 4 rings (SSSR count). The molecule has 3 aromatic rings. The third-order valence-corrected chi connectivity index (χ3v) is 4.45. The van der Waals surface area contributed by atoms with Gasteiger partial charge in [0.2, 0.25) is 0 Å². The molecular formula is C20H20NO5+. The average Bonchev–Trinajstić information content (AvgIpc) is 2.61. The average molecular weight is 354 g/mol. The summed E-state index contributed by atoms with van der Waals surface area (Å²) < 4.78 is 17.0. The topological polar surface area (TPSA) is 73.3 Å². The number of para-hydroxylation sites is 2. The van der Waals surface area contributed by atoms with Gasteiger partial charge in [-0.25, -0.2) is 4.79 Å². The standard InChI is InChI=1S/C20H19NO5/c1-21(11-15-12-24-17-4-2-3-5-18(17)25-15)10-13-8-20(23)26-19-9-14(22)6-7-16(13)19/h2-9,15,22H,10-12H2,1H3/p+1/t15-/m1/s1. The van der Waals surface area contributed by atoms with Crippen LogP contribution in [0, 0.1) is 0 Å². The molecule has 2 atom stereocenters. The number of hydrogen-bond acceptors (Lipinski definition) is 5. The molecule has 1 unspecified atom stereocenters. The summed E-state index contributed by atoms with van der Waals surface area (Å²) in [5.74, 6) is 1.61. The molecule has 0 aliphatic carbocycles. The number of aromatic hydroxyl groups is 1. The van der Waals surface area contributed by atoms with Gasteiger partial charge >= 0.3 is 5.63 Å². The van der Waals surface area contributed by atoms with Crippen molar-refractivity contribution in [2.24, 2.45) is 0 Å². The summed E-state index contributed by atoms with van der Waals surface area (Å²) in [6.07, 6.45) is -0.0552. The Hall–Kier alpha value is -2.99. The Morgan fingerprint density at radius 3 is 2.81 bits per heavy atom. The van der Waals surface area contributed by atoms with Crippen LogP contribution < -0.4 is 20.0 Å². The molecule has 0 saturated heterocycles. The van der Waals surface area contributed by atoms with E-state index < -0.39 is 5.63 Å². The van der Waals surface area contributed by atoms with Gasteiger partial charge in [-0.3, -0.25) is 0 Å². The fraction of sp³-hybridized carbons (Fsp3) is 0.250. The summed E-state index contributed by atoms with van der Waals surface area (Å²) in [7, 11) is 2.05. The van der Waals surface area contributed by atoms with Gasteiger partial charge in [-0.15, -0.1) is 0 Å². The summed E-state index contributed by atoms with van der Waals surface area (Å²) in [5, 5.41) is 10.4. The van der Waals surface area contributed by atoms with Crippen molar-refractivity contribution in [2.75, 3.05) is 20.2 Å². The van der Waals surface area contributed by atoms with E-state index >= 15 is 0 Å². The lowest BCUT2D eigenvalue weighted by molar-refractivity contribution is -0.896. The molecule has 0 fully saturated rings. The van der Waals surface area contributed by atoms with E-state index in [4.69, 9.17) is 13.9 Å². The van der Waals surface area contributed by atoms with E-state index in [9.17, 15) is 9.90 Å². The number of phenols is 1. The van der Waals surface area contributed by atoms with Crippen molar-refractivity contribution in [3.8, 4) is 17.2 Å². The molecule has 26 heavy (non-hydrogen) atoms. The Morgan fingerprint density at radius 1 is 1.15 bits per heavy atom. The van der Waals surface area contributed by atoms with Crippen molar-refractivity contribution in [1.29, 1.82) is 0 Å². The Morgan fingerprint density at radius 2 is 1.96 bits per heavy atom. The van der Waals surface area contributed by atoms with Crippen LogP contribution in [-0.2, 0) is 6.54 Å². The lowest BCUT2D eigenvalue weighted by Gasteiger charge is -2.28. The van der Waals surface area contributed by atoms with Gasteiger partial charge in [-0.2, -0.15) is 0 Å². The number of phenolic OH excluding ortho intramolecular Hbond substituents is 1. The predicted octanol–water partition coefficient (Wildman–Crippen LogP) is 1.35. The van der Waals surface area contributed by atoms with Gasteiger partial charge in [0, 0.05) is 23.1 Å². The lowest BCUT2D eigenvalue weighted by atomic mass is 10.1. The highest BCUT2D eigenvalue weighted by atomic mass is 16.6. The molecule has 2 heterocycles. The third kappa shape index (κ3) is 3.36. The minimum atomic E-state index is -0.419. The van der Waals surface area contributed by atoms with Crippen LogP contribution in [0.3, 0.4) is 0 Å². The van der Waals surface area contributed by atoms with E-state index in [1.807, 2.05) is 31.3 Å². The van der Waals surface area contributed by atoms with E-state index in [2.05, 4.69) is 0 Å². The number of benzene rings is 2. The van der Waals surface area contributed by atoms with Gasteiger partial charge in [-0.1, -0.05) is 12.1 Å². The summed E-state index contributed by atoms with van der Waals surface area (Å²) in [5.41, 5.74) is 0.856. The van der Waals surface area contributed by atoms with Gasteiger partial charge in [-0.05, 0) is 24.3 Å². The molecule has 0 saturated carbocycles. The first-order valence-electron chi connectivity index (χ1n) is 8.54. The van der Waals surface area contributed by atoms with Crippen molar-refractivity contribution in [3.63, 3.8) is 0 Å². The van der Waals surface area contributed by atoms with E-state index in [0.717, 1.165) is 29.0 Å². The quantitative estimate of drug-likeness (QED) is 0.692. The molecule has 0 bridgehead atoms. The number of likely N-dealkylation sites (N-methyl/N-ethyl adjacent to an activating group) is 1. The van der Waals surface area contributed by atoms with E-state index in [1.165, 1.54) is 17.0 Å². The van der Waals surface area contributed by atoms with Crippen LogP contribution in [-0.4, -0.2) is 31.4 Å². The molecule has 6 nitrogen and oxygen atoms in total. The second-order valence-electron chi connectivity index (χ2n) is 6.61. The van der Waals surface area contributed by atoms with Gasteiger partial charge in [0.1, 0.15) is 31.0 Å². The Bertz CT molecular complexity index is 997. The number of quaternary nitrogens is 1. The fourth-order valence-corrected chi connectivity index (χ4v) is 3.31. The molecule has 134 valence electrons. The Balaban J connectivity index is 1.50. The summed E-state index contributed by atoms with van der Waals surface area (Å²) in [6, 6.07) is 14.0. The highest BCUT2D eigenvalue weighted by molar-refractivity contribution is 5.81. The van der Waals surface area contributed by atoms with Crippen LogP contribution in [0.2, 0.25) is 0 Å². The minimum Gasteiger partial charge on any atom is -0.508 e. The maximum atomic E-state index is 11.8. The second-order valence-corrected chi connectivity index (χ2v) is 6.61. The van der Waals surface area contributed by atoms with Gasteiger partial charge < -0.3 is 23.9 Å². The smallest absolute Gasteiger partial charge is 0.336 e. The number of hydrogen-bond donors (Lipinski definition) is 2. The minimum absolute atomic E-state index is 0.0552. The summed E-state index contributed by atoms with van der Waals surface area (Å²) >= 11 is 0. The predicted molar refractivity (Wildman–Crippen MR) is 96.0 cm³/mol. The van der Waals surface area contributed by atoms with Crippen LogP contribution in [0.15, 0.2) is 57.7 Å². The molecule has 0 radical (unpaired) electrons. The Labute approximate surface area is 150 Å². The van der Waals surface area contributed by atoms with Crippen molar-refractivity contribution in [3.05, 3.63) is 64.5 Å². The fourth-order valence-electron chi connectivity index (χ4n) is 3.31. The second kappa shape index (κ2) is 6.72. The highest BCUT2D eigenvalue weighted by Crippen LogP contribution is 2.30. The number of nitrogens with one attached hydrogen (secondary N) is 1. The molecule has 0 amide bonds.